The van der Waals surface area contributed by atoms with Crippen LogP contribution in [0.1, 0.15) is 42.6 Å². The average Bonchev–Trinajstić information content (AvgIpc) is 2.71. The van der Waals surface area contributed by atoms with Crippen molar-refractivity contribution in [3.63, 3.8) is 0 Å². The Balaban J connectivity index is 2.02. The molecule has 2 rings (SSSR count). The van der Waals surface area contributed by atoms with Gasteiger partial charge in [-0.05, 0) is 36.8 Å². The van der Waals surface area contributed by atoms with E-state index in [0.717, 1.165) is 12.0 Å². The van der Waals surface area contributed by atoms with Crippen LogP contribution in [-0.4, -0.2) is 16.9 Å². The van der Waals surface area contributed by atoms with Gasteiger partial charge in [-0.2, -0.15) is 0 Å². The van der Waals surface area contributed by atoms with Crippen molar-refractivity contribution < 1.29 is 4.79 Å². The predicted molar refractivity (Wildman–Crippen MR) is 81.1 cm³/mol. The number of benzene rings is 1. The minimum absolute atomic E-state index is 0.0135. The highest BCUT2D eigenvalue weighted by molar-refractivity contribution is 7.80. The minimum atomic E-state index is -0.0135. The summed E-state index contributed by atoms with van der Waals surface area (Å²) in [4.78, 5) is 12.5. The monoisotopic (exact) mass is 276 g/mol. The lowest BCUT2D eigenvalue weighted by atomic mass is 9.97. The van der Waals surface area contributed by atoms with Crippen LogP contribution in [0.4, 0.5) is 0 Å². The highest BCUT2D eigenvalue weighted by Crippen LogP contribution is 2.31. The van der Waals surface area contributed by atoms with Gasteiger partial charge in [0.2, 0.25) is 0 Å². The van der Waals surface area contributed by atoms with E-state index in [1.807, 2.05) is 0 Å². The zero-order valence-corrected chi connectivity index (χ0v) is 12.2. The molecule has 4 heteroatoms. The molecule has 0 bridgehead atoms. The number of carbonyl (C=O) groups excluding carboxylic acids is 1. The zero-order valence-electron chi connectivity index (χ0n) is 11.3. The second kappa shape index (κ2) is 5.70. The summed E-state index contributed by atoms with van der Waals surface area (Å²) in [5.41, 5.74) is 6.98. The molecule has 1 saturated carbocycles. The molecule has 1 aliphatic carbocycles. The highest BCUT2D eigenvalue weighted by atomic mass is 32.1. The van der Waals surface area contributed by atoms with Gasteiger partial charge < -0.3 is 11.1 Å². The number of carbonyl (C=O) groups is 1. The molecule has 1 fully saturated rings. The molecule has 102 valence electrons. The molecular weight excluding hydrogens is 256 g/mol. The number of thiocarbonyl (C=S) groups is 1. The lowest BCUT2D eigenvalue weighted by Gasteiger charge is -2.19. The third-order valence-electron chi connectivity index (χ3n) is 4.21. The van der Waals surface area contributed by atoms with E-state index in [2.05, 4.69) is 19.2 Å². The minimum Gasteiger partial charge on any atom is -0.389 e. The van der Waals surface area contributed by atoms with Crippen LogP contribution < -0.4 is 11.1 Å². The molecule has 1 aliphatic rings. The van der Waals surface area contributed by atoms with E-state index in [1.165, 1.54) is 6.42 Å². The standard InChI is InChI=1S/C15H20N2OS/c1-9-3-8-13(10(9)2)17-15(18)12-6-4-11(5-7-12)14(16)19/h4-7,9-10,13H,3,8H2,1-2H3,(H2,16,19)(H,17,18). The number of amides is 1. The van der Waals surface area contributed by atoms with Gasteiger partial charge in [0.05, 0.1) is 0 Å². The first kappa shape index (κ1) is 14.0. The first-order chi connectivity index (χ1) is 8.99. The van der Waals surface area contributed by atoms with Crippen molar-refractivity contribution in [1.82, 2.24) is 5.32 Å². The maximum atomic E-state index is 12.2. The topological polar surface area (TPSA) is 55.1 Å². The Bertz CT molecular complexity index is 483. The van der Waals surface area contributed by atoms with E-state index in [1.54, 1.807) is 24.3 Å². The van der Waals surface area contributed by atoms with E-state index in [0.29, 0.717) is 22.4 Å². The maximum Gasteiger partial charge on any atom is 0.251 e. The number of hydrogen-bond acceptors (Lipinski definition) is 2. The quantitative estimate of drug-likeness (QED) is 0.834. The van der Waals surface area contributed by atoms with Crippen LogP contribution in [0.3, 0.4) is 0 Å². The van der Waals surface area contributed by atoms with Gasteiger partial charge in [0.25, 0.3) is 5.91 Å². The van der Waals surface area contributed by atoms with Gasteiger partial charge in [0.1, 0.15) is 4.99 Å². The van der Waals surface area contributed by atoms with Crippen molar-refractivity contribution in [1.29, 1.82) is 0 Å². The van der Waals surface area contributed by atoms with Gasteiger partial charge in [-0.25, -0.2) is 0 Å². The molecule has 0 spiro atoms. The Morgan fingerprint density at radius 3 is 2.26 bits per heavy atom. The fraction of sp³-hybridized carbons (Fsp3) is 0.467. The predicted octanol–water partition coefficient (Wildman–Crippen LogP) is 2.49. The SMILES string of the molecule is CC1CCC(NC(=O)c2ccc(C(N)=S)cc2)C1C. The van der Waals surface area contributed by atoms with Crippen molar-refractivity contribution in [2.75, 3.05) is 0 Å². The molecule has 0 heterocycles. The van der Waals surface area contributed by atoms with Gasteiger partial charge in [-0.1, -0.05) is 38.2 Å². The largest absolute Gasteiger partial charge is 0.389 e. The summed E-state index contributed by atoms with van der Waals surface area (Å²) < 4.78 is 0. The molecule has 3 atom stereocenters. The second-order valence-electron chi connectivity index (χ2n) is 5.44. The van der Waals surface area contributed by atoms with E-state index in [-0.39, 0.29) is 11.9 Å². The molecule has 1 amide bonds. The van der Waals surface area contributed by atoms with E-state index < -0.39 is 0 Å². The van der Waals surface area contributed by atoms with Gasteiger partial charge in [0, 0.05) is 17.2 Å². The summed E-state index contributed by atoms with van der Waals surface area (Å²) in [6, 6.07) is 7.41. The molecule has 0 aliphatic heterocycles. The normalized spacial score (nSPS) is 26.1. The summed E-state index contributed by atoms with van der Waals surface area (Å²) in [7, 11) is 0. The van der Waals surface area contributed by atoms with Crippen molar-refractivity contribution in [2.24, 2.45) is 17.6 Å². The van der Waals surface area contributed by atoms with Crippen molar-refractivity contribution in [2.45, 2.75) is 32.7 Å². The van der Waals surface area contributed by atoms with Crippen LogP contribution in [-0.2, 0) is 0 Å². The van der Waals surface area contributed by atoms with Gasteiger partial charge in [0.15, 0.2) is 0 Å². The molecule has 1 aromatic carbocycles. The molecule has 0 aromatic heterocycles. The van der Waals surface area contributed by atoms with Crippen molar-refractivity contribution >= 4 is 23.1 Å². The third-order valence-corrected chi connectivity index (χ3v) is 4.45. The van der Waals surface area contributed by atoms with Gasteiger partial charge in [-0.15, -0.1) is 0 Å². The lowest BCUT2D eigenvalue weighted by molar-refractivity contribution is 0.0927. The Morgan fingerprint density at radius 1 is 1.21 bits per heavy atom. The Labute approximate surface area is 119 Å². The summed E-state index contributed by atoms with van der Waals surface area (Å²) in [5, 5.41) is 3.12. The van der Waals surface area contributed by atoms with Crippen LogP contribution in [0.5, 0.6) is 0 Å². The highest BCUT2D eigenvalue weighted by Gasteiger charge is 2.30. The molecule has 1 aromatic rings. The lowest BCUT2D eigenvalue weighted by Crippen LogP contribution is -2.37. The Kier molecular flexibility index (Phi) is 4.20. The van der Waals surface area contributed by atoms with Crippen LogP contribution >= 0.6 is 12.2 Å². The average molecular weight is 276 g/mol. The first-order valence-electron chi connectivity index (χ1n) is 6.69. The second-order valence-corrected chi connectivity index (χ2v) is 5.88. The number of nitrogens with one attached hydrogen (secondary N) is 1. The molecular formula is C15H20N2OS. The fourth-order valence-electron chi connectivity index (χ4n) is 2.61. The summed E-state index contributed by atoms with van der Waals surface area (Å²) in [6.07, 6.45) is 2.26. The summed E-state index contributed by atoms with van der Waals surface area (Å²) >= 11 is 4.89. The van der Waals surface area contributed by atoms with Crippen LogP contribution in [0.25, 0.3) is 0 Å². The smallest absolute Gasteiger partial charge is 0.251 e. The van der Waals surface area contributed by atoms with Crippen molar-refractivity contribution in [3.05, 3.63) is 35.4 Å². The Hall–Kier alpha value is -1.42. The van der Waals surface area contributed by atoms with E-state index in [9.17, 15) is 4.79 Å². The summed E-state index contributed by atoms with van der Waals surface area (Å²) in [5.74, 6) is 1.21. The first-order valence-corrected chi connectivity index (χ1v) is 7.10. The molecule has 3 nitrogen and oxygen atoms in total. The Morgan fingerprint density at radius 2 is 1.79 bits per heavy atom. The van der Waals surface area contributed by atoms with Crippen LogP contribution in [0, 0.1) is 11.8 Å². The molecule has 0 saturated heterocycles. The van der Waals surface area contributed by atoms with Crippen LogP contribution in [0.15, 0.2) is 24.3 Å². The molecule has 3 N–H and O–H groups in total. The van der Waals surface area contributed by atoms with E-state index >= 15 is 0 Å². The summed E-state index contributed by atoms with van der Waals surface area (Å²) in [6.45, 7) is 4.45. The zero-order chi connectivity index (χ0) is 14.0. The third kappa shape index (κ3) is 3.13. The number of rotatable bonds is 3. The van der Waals surface area contributed by atoms with Crippen LogP contribution in [0.2, 0.25) is 0 Å². The van der Waals surface area contributed by atoms with Gasteiger partial charge >= 0.3 is 0 Å². The fourth-order valence-corrected chi connectivity index (χ4v) is 2.74. The molecule has 3 unspecified atom stereocenters. The molecule has 19 heavy (non-hydrogen) atoms. The van der Waals surface area contributed by atoms with Gasteiger partial charge in [-0.3, -0.25) is 4.79 Å². The number of nitrogens with two attached hydrogens (primary N) is 1. The van der Waals surface area contributed by atoms with E-state index in [4.69, 9.17) is 18.0 Å². The molecule has 0 radical (unpaired) electrons. The van der Waals surface area contributed by atoms with Crippen molar-refractivity contribution in [3.8, 4) is 0 Å². The maximum absolute atomic E-state index is 12.2. The number of hydrogen-bond donors (Lipinski definition) is 2.